The minimum atomic E-state index is -0.662. The fourth-order valence-corrected chi connectivity index (χ4v) is 11.9. The molecule has 3 N–H and O–H groups in total. The van der Waals surface area contributed by atoms with Crippen molar-refractivity contribution in [2.75, 3.05) is 13.2 Å². The Morgan fingerprint density at radius 3 is 0.938 bits per heavy atom. The monoisotopic (exact) mass is 1140 g/mol. The van der Waals surface area contributed by atoms with Gasteiger partial charge in [0.05, 0.1) is 25.4 Å². The highest BCUT2D eigenvalue weighted by atomic mass is 16.5. The summed E-state index contributed by atoms with van der Waals surface area (Å²) in [4.78, 5) is 24.6. The Bertz CT molecular complexity index is 1270. The normalized spacial score (nSPS) is 12.6. The fourth-order valence-electron chi connectivity index (χ4n) is 11.9. The maximum Gasteiger partial charge on any atom is 0.305 e. The third-order valence-corrected chi connectivity index (χ3v) is 17.5. The quantitative estimate of drug-likeness (QED) is 0.0320. The van der Waals surface area contributed by atoms with E-state index in [0.717, 1.165) is 44.9 Å². The molecule has 6 nitrogen and oxygen atoms in total. The first-order valence-electron chi connectivity index (χ1n) is 37.1. The SMILES string of the molecule is CCCCCCCCCCCCCCCCCC(O)C(CO)NC(=O)CCCCCCCCCCCCCCCCCCC/C=C\C/C=C\CCCCCCCCCCCCCOC(=O)CCCCCCCCCCCCCCCC. The molecular formula is C75H145NO5. The molecule has 0 saturated heterocycles. The number of unbranched alkanes of at least 4 members (excludes halogenated alkanes) is 55. The smallest absolute Gasteiger partial charge is 0.305 e. The Balaban J connectivity index is 3.35. The average Bonchev–Trinajstić information content (AvgIpc) is 3.47. The summed E-state index contributed by atoms with van der Waals surface area (Å²) < 4.78 is 5.49. The molecule has 0 heterocycles. The topological polar surface area (TPSA) is 95.9 Å². The van der Waals surface area contributed by atoms with E-state index in [2.05, 4.69) is 43.5 Å². The number of aliphatic hydroxyl groups excluding tert-OH is 2. The lowest BCUT2D eigenvalue weighted by Crippen LogP contribution is -2.45. The second-order valence-electron chi connectivity index (χ2n) is 25.6. The predicted molar refractivity (Wildman–Crippen MR) is 356 cm³/mol. The Morgan fingerprint density at radius 1 is 0.346 bits per heavy atom. The van der Waals surface area contributed by atoms with Crippen LogP contribution in [0, 0.1) is 0 Å². The lowest BCUT2D eigenvalue weighted by Gasteiger charge is -2.22. The van der Waals surface area contributed by atoms with Crippen molar-refractivity contribution in [2.45, 2.75) is 431 Å². The summed E-state index contributed by atoms with van der Waals surface area (Å²) in [5.41, 5.74) is 0. The van der Waals surface area contributed by atoms with Crippen LogP contribution in [0.25, 0.3) is 0 Å². The van der Waals surface area contributed by atoms with Gasteiger partial charge in [-0.3, -0.25) is 9.59 Å². The fraction of sp³-hybridized carbons (Fsp3) is 0.920. The minimum absolute atomic E-state index is 0.0198. The molecule has 0 aromatic carbocycles. The van der Waals surface area contributed by atoms with E-state index in [1.54, 1.807) is 0 Å². The Morgan fingerprint density at radius 2 is 0.617 bits per heavy atom. The van der Waals surface area contributed by atoms with Gasteiger partial charge < -0.3 is 20.3 Å². The average molecular weight is 1140 g/mol. The lowest BCUT2D eigenvalue weighted by molar-refractivity contribution is -0.143. The zero-order valence-electron chi connectivity index (χ0n) is 55.0. The zero-order chi connectivity index (χ0) is 58.5. The van der Waals surface area contributed by atoms with Gasteiger partial charge in [0.2, 0.25) is 5.91 Å². The number of ether oxygens (including phenoxy) is 1. The van der Waals surface area contributed by atoms with Crippen LogP contribution in [0.2, 0.25) is 0 Å². The molecule has 0 aliphatic heterocycles. The van der Waals surface area contributed by atoms with Crippen molar-refractivity contribution in [2.24, 2.45) is 0 Å². The van der Waals surface area contributed by atoms with E-state index < -0.39 is 12.1 Å². The summed E-state index contributed by atoms with van der Waals surface area (Å²) in [5, 5.41) is 23.3. The van der Waals surface area contributed by atoms with Gasteiger partial charge in [-0.15, -0.1) is 0 Å². The van der Waals surface area contributed by atoms with Gasteiger partial charge in [-0.1, -0.05) is 372 Å². The van der Waals surface area contributed by atoms with Crippen LogP contribution in [0.5, 0.6) is 0 Å². The van der Waals surface area contributed by atoms with Crippen LogP contribution in [0.15, 0.2) is 24.3 Å². The number of carbonyl (C=O) groups excluding carboxylic acids is 2. The molecule has 0 aliphatic carbocycles. The molecule has 0 aliphatic rings. The number of nitrogens with one attached hydrogen (secondary N) is 1. The number of amides is 1. The van der Waals surface area contributed by atoms with Crippen molar-refractivity contribution in [1.82, 2.24) is 5.32 Å². The molecule has 2 atom stereocenters. The Kier molecular flexibility index (Phi) is 69.4. The summed E-state index contributed by atoms with van der Waals surface area (Å²) in [7, 11) is 0. The number of hydrogen-bond acceptors (Lipinski definition) is 5. The molecule has 0 aromatic heterocycles. The summed E-state index contributed by atoms with van der Waals surface area (Å²) in [6.45, 7) is 4.99. The first-order chi connectivity index (χ1) is 40.0. The number of hydrogen-bond donors (Lipinski definition) is 3. The molecule has 0 aromatic rings. The van der Waals surface area contributed by atoms with Gasteiger partial charge in [0.1, 0.15) is 0 Å². The molecule has 480 valence electrons. The van der Waals surface area contributed by atoms with Crippen LogP contribution in [0.4, 0.5) is 0 Å². The van der Waals surface area contributed by atoms with Gasteiger partial charge >= 0.3 is 5.97 Å². The standard InChI is InChI=1S/C75H145NO5/c1-3-5-7-9-11-13-15-17-40-43-47-51-55-59-63-67-73(78)72(71-77)76-74(79)68-64-60-56-52-48-44-41-38-36-34-32-30-28-26-24-22-20-19-21-23-25-27-29-31-33-35-37-39-42-46-50-54-58-62-66-70-81-75(80)69-65-61-57-53-49-45-18-16-14-12-10-8-6-4-2/h21,23,27,29,72-73,77-78H,3-20,22,24-26,28,30-71H2,1-2H3,(H,76,79)/b23-21-,29-27-. The van der Waals surface area contributed by atoms with Crippen LogP contribution in [0.1, 0.15) is 418 Å². The summed E-state index contributed by atoms with van der Waals surface area (Å²) in [5.74, 6) is -0.00965. The Hall–Kier alpha value is -1.66. The molecule has 0 fully saturated rings. The third-order valence-electron chi connectivity index (χ3n) is 17.5. The first-order valence-corrected chi connectivity index (χ1v) is 37.1. The zero-order valence-corrected chi connectivity index (χ0v) is 55.0. The van der Waals surface area contributed by atoms with Crippen molar-refractivity contribution in [3.63, 3.8) is 0 Å². The van der Waals surface area contributed by atoms with Crippen molar-refractivity contribution >= 4 is 11.9 Å². The summed E-state index contributed by atoms with van der Waals surface area (Å²) in [6, 6.07) is -0.539. The molecule has 0 saturated carbocycles. The van der Waals surface area contributed by atoms with Gasteiger partial charge in [0, 0.05) is 12.8 Å². The van der Waals surface area contributed by atoms with E-state index in [1.807, 2.05) is 0 Å². The second-order valence-corrected chi connectivity index (χ2v) is 25.6. The largest absolute Gasteiger partial charge is 0.466 e. The highest BCUT2D eigenvalue weighted by molar-refractivity contribution is 5.76. The molecule has 2 unspecified atom stereocenters. The molecule has 1 amide bonds. The van der Waals surface area contributed by atoms with Crippen LogP contribution in [-0.2, 0) is 14.3 Å². The van der Waals surface area contributed by atoms with Crippen molar-refractivity contribution in [3.05, 3.63) is 24.3 Å². The van der Waals surface area contributed by atoms with Gasteiger partial charge in [0.15, 0.2) is 0 Å². The molecule has 81 heavy (non-hydrogen) atoms. The van der Waals surface area contributed by atoms with Crippen LogP contribution in [0.3, 0.4) is 0 Å². The van der Waals surface area contributed by atoms with E-state index in [-0.39, 0.29) is 18.5 Å². The van der Waals surface area contributed by atoms with Gasteiger partial charge in [0.25, 0.3) is 0 Å². The molecule has 0 radical (unpaired) electrons. The Labute approximate surface area is 507 Å². The van der Waals surface area contributed by atoms with Crippen molar-refractivity contribution in [3.8, 4) is 0 Å². The molecule has 0 rings (SSSR count). The van der Waals surface area contributed by atoms with Crippen molar-refractivity contribution in [1.29, 1.82) is 0 Å². The molecule has 0 bridgehead atoms. The maximum absolute atomic E-state index is 12.5. The van der Waals surface area contributed by atoms with Crippen LogP contribution >= 0.6 is 0 Å². The maximum atomic E-state index is 12.5. The van der Waals surface area contributed by atoms with E-state index in [0.29, 0.717) is 25.9 Å². The number of esters is 1. The summed E-state index contributed by atoms with van der Waals surface area (Å²) in [6.07, 6.45) is 89.6. The van der Waals surface area contributed by atoms with E-state index in [9.17, 15) is 19.8 Å². The number of carbonyl (C=O) groups is 2. The number of allylic oxidation sites excluding steroid dienone is 4. The summed E-state index contributed by atoms with van der Waals surface area (Å²) >= 11 is 0. The highest BCUT2D eigenvalue weighted by Crippen LogP contribution is 2.19. The number of rotatable bonds is 70. The minimum Gasteiger partial charge on any atom is -0.466 e. The van der Waals surface area contributed by atoms with Crippen LogP contribution < -0.4 is 5.32 Å². The van der Waals surface area contributed by atoms with Gasteiger partial charge in [-0.2, -0.15) is 0 Å². The van der Waals surface area contributed by atoms with Gasteiger partial charge in [-0.25, -0.2) is 0 Å². The molecule has 0 spiro atoms. The molecular weight excluding hydrogens is 995 g/mol. The van der Waals surface area contributed by atoms with Gasteiger partial charge in [-0.05, 0) is 57.8 Å². The predicted octanol–water partition coefficient (Wildman–Crippen LogP) is 24.1. The first kappa shape index (κ1) is 79.3. The van der Waals surface area contributed by atoms with E-state index in [4.69, 9.17) is 4.74 Å². The second kappa shape index (κ2) is 70.8. The number of aliphatic hydroxyl groups is 2. The third kappa shape index (κ3) is 67.3. The van der Waals surface area contributed by atoms with Crippen molar-refractivity contribution < 1.29 is 24.5 Å². The van der Waals surface area contributed by atoms with E-state index in [1.165, 1.54) is 340 Å². The lowest BCUT2D eigenvalue weighted by atomic mass is 10.0. The highest BCUT2D eigenvalue weighted by Gasteiger charge is 2.20. The van der Waals surface area contributed by atoms with Crippen LogP contribution in [-0.4, -0.2) is 47.4 Å². The molecule has 6 heteroatoms. The van der Waals surface area contributed by atoms with E-state index >= 15 is 0 Å².